The predicted octanol–water partition coefficient (Wildman–Crippen LogP) is 2.59. The van der Waals surface area contributed by atoms with E-state index in [4.69, 9.17) is 10.00 Å². The summed E-state index contributed by atoms with van der Waals surface area (Å²) >= 11 is 0. The molecular weight excluding hydrogens is 318 g/mol. The Morgan fingerprint density at radius 3 is 2.46 bits per heavy atom. The zero-order valence-electron chi connectivity index (χ0n) is 14.2. The molecule has 0 spiro atoms. The number of rotatable bonds is 6. The minimum Gasteiger partial charge on any atom is -0.468 e. The Labute approximate surface area is 140 Å². The zero-order chi connectivity index (χ0) is 18.5. The minimum atomic E-state index is -1.26. The molecule has 0 aliphatic heterocycles. The largest absolute Gasteiger partial charge is 0.468 e. The Morgan fingerprint density at radius 1 is 1.38 bits per heavy atom. The van der Waals surface area contributed by atoms with Crippen LogP contribution in [0.15, 0.2) is 18.2 Å². The number of halogens is 2. The first-order valence-electron chi connectivity index (χ1n) is 7.44. The molecule has 5 nitrogen and oxygen atoms in total. The highest BCUT2D eigenvalue weighted by molar-refractivity contribution is 5.76. The van der Waals surface area contributed by atoms with Gasteiger partial charge in [-0.25, -0.2) is 8.78 Å². The van der Waals surface area contributed by atoms with Crippen molar-refractivity contribution in [1.82, 2.24) is 4.90 Å². The van der Waals surface area contributed by atoms with Crippen LogP contribution in [0.25, 0.3) is 0 Å². The summed E-state index contributed by atoms with van der Waals surface area (Å²) in [6.45, 7) is 5.31. The SMILES string of the molecule is COC(=O)[C@@H](N(Cc1ccc(F)c(F)c1)C(O)CC#N)C(C)(C)C. The third-order valence-electron chi connectivity index (χ3n) is 3.58. The zero-order valence-corrected chi connectivity index (χ0v) is 14.2. The van der Waals surface area contributed by atoms with Crippen LogP contribution in [0.5, 0.6) is 0 Å². The molecule has 2 atom stereocenters. The molecule has 0 amide bonds. The molecule has 1 rings (SSSR count). The van der Waals surface area contributed by atoms with Gasteiger partial charge in [0, 0.05) is 6.54 Å². The highest BCUT2D eigenvalue weighted by Gasteiger charge is 2.40. The first-order valence-corrected chi connectivity index (χ1v) is 7.44. The van der Waals surface area contributed by atoms with Gasteiger partial charge in [0.2, 0.25) is 0 Å². The van der Waals surface area contributed by atoms with Crippen molar-refractivity contribution in [3.63, 3.8) is 0 Å². The minimum absolute atomic E-state index is 0.0446. The van der Waals surface area contributed by atoms with E-state index in [0.29, 0.717) is 5.56 Å². The number of ether oxygens (including phenoxy) is 1. The Kier molecular flexibility index (Phi) is 6.81. The first-order chi connectivity index (χ1) is 11.1. The Bertz CT molecular complexity index is 623. The molecule has 0 bridgehead atoms. The number of nitrogens with zero attached hydrogens (tertiary/aromatic N) is 2. The highest BCUT2D eigenvalue weighted by Crippen LogP contribution is 2.29. The van der Waals surface area contributed by atoms with Gasteiger partial charge in [-0.05, 0) is 23.1 Å². The Balaban J connectivity index is 3.25. The summed E-state index contributed by atoms with van der Waals surface area (Å²) in [6, 6.07) is 4.30. The quantitative estimate of drug-likeness (QED) is 0.636. The summed E-state index contributed by atoms with van der Waals surface area (Å²) in [4.78, 5) is 13.6. The van der Waals surface area contributed by atoms with E-state index in [-0.39, 0.29) is 13.0 Å². The second kappa shape index (κ2) is 8.18. The molecule has 1 unspecified atom stereocenters. The summed E-state index contributed by atoms with van der Waals surface area (Å²) in [5, 5.41) is 19.2. The monoisotopic (exact) mass is 340 g/mol. The van der Waals surface area contributed by atoms with Gasteiger partial charge in [-0.1, -0.05) is 26.8 Å². The van der Waals surface area contributed by atoms with E-state index >= 15 is 0 Å². The van der Waals surface area contributed by atoms with Gasteiger partial charge >= 0.3 is 5.97 Å². The van der Waals surface area contributed by atoms with Gasteiger partial charge in [-0.3, -0.25) is 9.69 Å². The van der Waals surface area contributed by atoms with Crippen LogP contribution in [0.4, 0.5) is 8.78 Å². The Morgan fingerprint density at radius 2 is 2.00 bits per heavy atom. The fourth-order valence-corrected chi connectivity index (χ4v) is 2.51. The van der Waals surface area contributed by atoms with Crippen LogP contribution in [0.3, 0.4) is 0 Å². The molecule has 132 valence electrons. The summed E-state index contributed by atoms with van der Waals surface area (Å²) < 4.78 is 31.3. The maximum atomic E-state index is 13.4. The molecule has 24 heavy (non-hydrogen) atoms. The third-order valence-corrected chi connectivity index (χ3v) is 3.58. The second-order valence-electron chi connectivity index (χ2n) is 6.56. The summed E-state index contributed by atoms with van der Waals surface area (Å²) in [7, 11) is 1.23. The Hall–Kier alpha value is -2.04. The summed E-state index contributed by atoms with van der Waals surface area (Å²) in [6.07, 6.45) is -1.50. The van der Waals surface area contributed by atoms with Gasteiger partial charge in [0.1, 0.15) is 12.3 Å². The fraction of sp³-hybridized carbons (Fsp3) is 0.529. The van der Waals surface area contributed by atoms with Crippen molar-refractivity contribution >= 4 is 5.97 Å². The van der Waals surface area contributed by atoms with Crippen molar-refractivity contribution in [3.8, 4) is 6.07 Å². The maximum absolute atomic E-state index is 13.4. The maximum Gasteiger partial charge on any atom is 0.323 e. The average molecular weight is 340 g/mol. The number of aliphatic hydroxyl groups is 1. The van der Waals surface area contributed by atoms with Crippen molar-refractivity contribution in [2.45, 2.75) is 46.0 Å². The molecule has 1 aromatic carbocycles. The number of aliphatic hydroxyl groups excluding tert-OH is 1. The molecule has 0 radical (unpaired) electrons. The van der Waals surface area contributed by atoms with Crippen LogP contribution in [0, 0.1) is 28.4 Å². The van der Waals surface area contributed by atoms with Crippen molar-refractivity contribution in [3.05, 3.63) is 35.4 Å². The van der Waals surface area contributed by atoms with Crippen LogP contribution < -0.4 is 0 Å². The number of nitriles is 1. The second-order valence-corrected chi connectivity index (χ2v) is 6.56. The number of hydrogen-bond acceptors (Lipinski definition) is 5. The first kappa shape index (κ1) is 20.0. The summed E-state index contributed by atoms with van der Waals surface area (Å²) in [5.41, 5.74) is -0.258. The van der Waals surface area contributed by atoms with E-state index in [0.717, 1.165) is 12.1 Å². The van der Waals surface area contributed by atoms with Crippen molar-refractivity contribution < 1.29 is 23.4 Å². The van der Waals surface area contributed by atoms with E-state index in [1.807, 2.05) is 6.07 Å². The van der Waals surface area contributed by atoms with E-state index in [1.54, 1.807) is 20.8 Å². The lowest BCUT2D eigenvalue weighted by molar-refractivity contribution is -0.159. The van der Waals surface area contributed by atoms with Gasteiger partial charge in [-0.2, -0.15) is 5.26 Å². The summed E-state index contributed by atoms with van der Waals surface area (Å²) in [5.74, 6) is -2.59. The standard InChI is InChI=1S/C17H22F2N2O3/c1-17(2,3)15(16(23)24-4)21(14(22)7-8-20)10-11-5-6-12(18)13(19)9-11/h5-6,9,14-15,22H,7,10H2,1-4H3/t14?,15-/m1/s1. The molecule has 7 heteroatoms. The van der Waals surface area contributed by atoms with Gasteiger partial charge in [0.05, 0.1) is 19.6 Å². The van der Waals surface area contributed by atoms with Gasteiger partial charge in [0.15, 0.2) is 11.6 Å². The lowest BCUT2D eigenvalue weighted by Crippen LogP contribution is -2.53. The molecule has 1 aromatic rings. The smallest absolute Gasteiger partial charge is 0.323 e. The number of esters is 1. The van der Waals surface area contributed by atoms with Gasteiger partial charge in [-0.15, -0.1) is 0 Å². The van der Waals surface area contributed by atoms with Crippen molar-refractivity contribution in [2.75, 3.05) is 7.11 Å². The average Bonchev–Trinajstić information content (AvgIpc) is 2.48. The van der Waals surface area contributed by atoms with Gasteiger partial charge in [0.25, 0.3) is 0 Å². The molecule has 0 saturated carbocycles. The molecule has 1 N–H and O–H groups in total. The molecule has 0 heterocycles. The molecular formula is C17H22F2N2O3. The van der Waals surface area contributed by atoms with Crippen LogP contribution >= 0.6 is 0 Å². The molecule has 0 aromatic heterocycles. The van der Waals surface area contributed by atoms with Crippen LogP contribution in [-0.2, 0) is 16.1 Å². The van der Waals surface area contributed by atoms with E-state index in [2.05, 4.69) is 0 Å². The lowest BCUT2D eigenvalue weighted by atomic mass is 9.85. The highest BCUT2D eigenvalue weighted by atomic mass is 19.2. The topological polar surface area (TPSA) is 73.6 Å². The molecule has 0 aliphatic rings. The normalized spacial score (nSPS) is 14.1. The van der Waals surface area contributed by atoms with Crippen LogP contribution in [0.1, 0.15) is 32.8 Å². The van der Waals surface area contributed by atoms with Crippen molar-refractivity contribution in [2.24, 2.45) is 5.41 Å². The number of benzene rings is 1. The molecule has 0 fully saturated rings. The van der Waals surface area contributed by atoms with E-state index in [9.17, 15) is 18.7 Å². The lowest BCUT2D eigenvalue weighted by Gasteiger charge is -2.40. The van der Waals surface area contributed by atoms with E-state index in [1.165, 1.54) is 18.1 Å². The van der Waals surface area contributed by atoms with Crippen LogP contribution in [0.2, 0.25) is 0 Å². The molecule has 0 aliphatic carbocycles. The molecule has 0 saturated heterocycles. The number of carbonyl (C=O) groups is 1. The fourth-order valence-electron chi connectivity index (χ4n) is 2.51. The van der Waals surface area contributed by atoms with Crippen LogP contribution in [-0.4, -0.2) is 35.4 Å². The number of hydrogen-bond donors (Lipinski definition) is 1. The van der Waals surface area contributed by atoms with E-state index < -0.39 is 35.3 Å². The number of carbonyl (C=O) groups excluding carboxylic acids is 1. The third kappa shape index (κ3) is 4.98. The van der Waals surface area contributed by atoms with Crippen molar-refractivity contribution in [1.29, 1.82) is 5.26 Å². The number of methoxy groups -OCH3 is 1. The predicted molar refractivity (Wildman–Crippen MR) is 83.4 cm³/mol. The van der Waals surface area contributed by atoms with Gasteiger partial charge < -0.3 is 9.84 Å².